The zero-order chi connectivity index (χ0) is 9.84. The van der Waals surface area contributed by atoms with Gasteiger partial charge in [-0.1, -0.05) is 31.9 Å². The molecule has 0 saturated heterocycles. The van der Waals surface area contributed by atoms with Crippen LogP contribution in [0.3, 0.4) is 0 Å². The highest BCUT2D eigenvalue weighted by Crippen LogP contribution is 2.17. The van der Waals surface area contributed by atoms with E-state index in [9.17, 15) is 4.79 Å². The van der Waals surface area contributed by atoms with E-state index in [1.165, 1.54) is 0 Å². The van der Waals surface area contributed by atoms with E-state index >= 15 is 0 Å². The van der Waals surface area contributed by atoms with E-state index in [1.54, 1.807) is 12.1 Å². The zero-order valence-electron chi connectivity index (χ0n) is 6.76. The van der Waals surface area contributed by atoms with Crippen molar-refractivity contribution in [1.82, 2.24) is 0 Å². The average Bonchev–Trinajstić information content (AvgIpc) is 2.04. The second kappa shape index (κ2) is 4.77. The van der Waals surface area contributed by atoms with Crippen LogP contribution in [-0.4, -0.2) is 16.4 Å². The van der Waals surface area contributed by atoms with Gasteiger partial charge in [-0.25, -0.2) is 4.79 Å². The van der Waals surface area contributed by atoms with Gasteiger partial charge in [-0.2, -0.15) is 0 Å². The smallest absolute Gasteiger partial charge is 0.335 e. The molecule has 1 rings (SSSR count). The highest BCUT2D eigenvalue weighted by atomic mass is 79.9. The Hall–Kier alpha value is -0.350. The first kappa shape index (κ1) is 10.7. The largest absolute Gasteiger partial charge is 0.478 e. The van der Waals surface area contributed by atoms with Crippen LogP contribution in [0.1, 0.15) is 15.9 Å². The van der Waals surface area contributed by atoms with E-state index in [2.05, 4.69) is 31.9 Å². The molecule has 4 heteroatoms. The lowest BCUT2D eigenvalue weighted by atomic mass is 10.1. The Morgan fingerprint density at radius 2 is 2.15 bits per heavy atom. The number of carboxylic acids is 1. The van der Waals surface area contributed by atoms with Gasteiger partial charge in [-0.15, -0.1) is 0 Å². The van der Waals surface area contributed by atoms with Crippen molar-refractivity contribution in [3.63, 3.8) is 0 Å². The second-order valence-corrected chi connectivity index (χ2v) is 4.25. The summed E-state index contributed by atoms with van der Waals surface area (Å²) >= 11 is 6.59. The minimum atomic E-state index is -0.872. The van der Waals surface area contributed by atoms with Gasteiger partial charge < -0.3 is 5.11 Å². The monoisotopic (exact) mass is 306 g/mol. The van der Waals surface area contributed by atoms with Gasteiger partial charge in [-0.3, -0.25) is 0 Å². The molecular weight excluding hydrogens is 300 g/mol. The molecule has 1 aromatic rings. The summed E-state index contributed by atoms with van der Waals surface area (Å²) in [4.78, 5) is 10.8. The Bertz CT molecular complexity index is 323. The topological polar surface area (TPSA) is 37.3 Å². The molecular formula is C9H8Br2O2. The van der Waals surface area contributed by atoms with E-state index in [1.807, 2.05) is 6.07 Å². The Morgan fingerprint density at radius 3 is 2.69 bits per heavy atom. The van der Waals surface area contributed by atoms with Crippen molar-refractivity contribution in [2.75, 3.05) is 5.33 Å². The number of benzene rings is 1. The highest BCUT2D eigenvalue weighted by molar-refractivity contribution is 9.10. The number of carbonyl (C=O) groups is 1. The number of rotatable bonds is 3. The maximum Gasteiger partial charge on any atom is 0.335 e. The van der Waals surface area contributed by atoms with Crippen LogP contribution in [0.4, 0.5) is 0 Å². The molecule has 0 radical (unpaired) electrons. The second-order valence-electron chi connectivity index (χ2n) is 2.55. The van der Waals surface area contributed by atoms with Crippen LogP contribution in [0.25, 0.3) is 0 Å². The third-order valence-electron chi connectivity index (χ3n) is 1.66. The van der Waals surface area contributed by atoms with Gasteiger partial charge in [0.05, 0.1) is 5.56 Å². The first-order chi connectivity index (χ1) is 6.15. The van der Waals surface area contributed by atoms with Crippen molar-refractivity contribution >= 4 is 37.8 Å². The lowest BCUT2D eigenvalue weighted by Crippen LogP contribution is -2.02. The summed E-state index contributed by atoms with van der Waals surface area (Å²) in [6, 6.07) is 5.19. The normalized spacial score (nSPS) is 10.0. The quantitative estimate of drug-likeness (QED) is 0.871. The number of alkyl halides is 1. The van der Waals surface area contributed by atoms with Crippen LogP contribution >= 0.6 is 31.9 Å². The van der Waals surface area contributed by atoms with E-state index < -0.39 is 5.97 Å². The molecule has 0 aliphatic heterocycles. The fraction of sp³-hybridized carbons (Fsp3) is 0.222. The molecule has 1 N–H and O–H groups in total. The molecule has 0 amide bonds. The molecule has 0 aliphatic carbocycles. The molecule has 2 nitrogen and oxygen atoms in total. The number of aromatic carboxylic acids is 1. The Labute approximate surface area is 93.2 Å². The van der Waals surface area contributed by atoms with E-state index in [0.29, 0.717) is 5.56 Å². The van der Waals surface area contributed by atoms with Crippen LogP contribution in [-0.2, 0) is 6.42 Å². The summed E-state index contributed by atoms with van der Waals surface area (Å²) in [6.45, 7) is 0. The number of carboxylic acid groups (broad SMARTS) is 1. The lowest BCUT2D eigenvalue weighted by molar-refractivity contribution is 0.0696. The molecule has 0 atom stereocenters. The van der Waals surface area contributed by atoms with Gasteiger partial charge in [0.15, 0.2) is 0 Å². The van der Waals surface area contributed by atoms with Crippen LogP contribution in [0.15, 0.2) is 22.7 Å². The Balaban J connectivity index is 3.10. The third kappa shape index (κ3) is 2.81. The molecule has 0 unspecified atom stereocenters. The maximum absolute atomic E-state index is 10.8. The van der Waals surface area contributed by atoms with Crippen molar-refractivity contribution in [2.45, 2.75) is 6.42 Å². The molecule has 0 aromatic heterocycles. The summed E-state index contributed by atoms with van der Waals surface area (Å²) in [6.07, 6.45) is 0.723. The van der Waals surface area contributed by atoms with Crippen LogP contribution in [0.5, 0.6) is 0 Å². The van der Waals surface area contributed by atoms with Crippen molar-refractivity contribution in [3.05, 3.63) is 33.8 Å². The lowest BCUT2D eigenvalue weighted by Gasteiger charge is -2.04. The standard InChI is InChI=1S/C9H8Br2O2/c10-4-3-6-5-7(11)1-2-8(6)9(12)13/h1-2,5H,3-4H2,(H,12,13). The predicted molar refractivity (Wildman–Crippen MR) is 58.6 cm³/mol. The van der Waals surface area contributed by atoms with Crippen LogP contribution in [0.2, 0.25) is 0 Å². The first-order valence-electron chi connectivity index (χ1n) is 3.73. The number of hydrogen-bond acceptors (Lipinski definition) is 1. The van der Waals surface area contributed by atoms with Crippen molar-refractivity contribution in [3.8, 4) is 0 Å². The third-order valence-corrected chi connectivity index (χ3v) is 2.55. The molecule has 0 heterocycles. The maximum atomic E-state index is 10.8. The Morgan fingerprint density at radius 1 is 1.46 bits per heavy atom. The van der Waals surface area contributed by atoms with Crippen LogP contribution in [0, 0.1) is 0 Å². The van der Waals surface area contributed by atoms with Gasteiger partial charge in [0.25, 0.3) is 0 Å². The van der Waals surface area contributed by atoms with Crippen LogP contribution < -0.4 is 0 Å². The number of hydrogen-bond donors (Lipinski definition) is 1. The van der Waals surface area contributed by atoms with E-state index in [4.69, 9.17) is 5.11 Å². The summed E-state index contributed by atoms with van der Waals surface area (Å²) in [5, 5.41) is 9.62. The predicted octanol–water partition coefficient (Wildman–Crippen LogP) is 3.08. The number of halogens is 2. The molecule has 0 spiro atoms. The van der Waals surface area contributed by atoms with Gasteiger partial charge in [0, 0.05) is 9.80 Å². The summed E-state index contributed by atoms with van der Waals surface area (Å²) < 4.78 is 0.911. The molecule has 0 saturated carbocycles. The first-order valence-corrected chi connectivity index (χ1v) is 5.64. The molecule has 0 fully saturated rings. The van der Waals surface area contributed by atoms with Gasteiger partial charge >= 0.3 is 5.97 Å². The minimum absolute atomic E-state index is 0.377. The summed E-state index contributed by atoms with van der Waals surface area (Å²) in [7, 11) is 0. The SMILES string of the molecule is O=C(O)c1ccc(Br)cc1CCBr. The highest BCUT2D eigenvalue weighted by Gasteiger charge is 2.08. The summed E-state index contributed by atoms with van der Waals surface area (Å²) in [5.41, 5.74) is 1.22. The summed E-state index contributed by atoms with van der Waals surface area (Å²) in [5.74, 6) is -0.872. The van der Waals surface area contributed by atoms with E-state index in [-0.39, 0.29) is 0 Å². The average molecular weight is 308 g/mol. The van der Waals surface area contributed by atoms with Crippen molar-refractivity contribution in [2.24, 2.45) is 0 Å². The zero-order valence-corrected chi connectivity index (χ0v) is 9.93. The molecule has 0 bridgehead atoms. The Kier molecular flexibility index (Phi) is 3.93. The van der Waals surface area contributed by atoms with Gasteiger partial charge in [0.2, 0.25) is 0 Å². The molecule has 13 heavy (non-hydrogen) atoms. The fourth-order valence-electron chi connectivity index (χ4n) is 1.08. The van der Waals surface area contributed by atoms with Crippen molar-refractivity contribution < 1.29 is 9.90 Å². The molecule has 0 aliphatic rings. The van der Waals surface area contributed by atoms with E-state index in [0.717, 1.165) is 21.8 Å². The number of aryl methyl sites for hydroxylation is 1. The minimum Gasteiger partial charge on any atom is -0.478 e. The fourth-order valence-corrected chi connectivity index (χ4v) is 1.92. The van der Waals surface area contributed by atoms with Gasteiger partial charge in [0.1, 0.15) is 0 Å². The van der Waals surface area contributed by atoms with Crippen molar-refractivity contribution in [1.29, 1.82) is 0 Å². The molecule has 70 valence electrons. The molecule has 1 aromatic carbocycles. The van der Waals surface area contributed by atoms with Gasteiger partial charge in [-0.05, 0) is 30.2 Å².